The van der Waals surface area contributed by atoms with Crippen LogP contribution in [-0.2, 0) is 4.74 Å². The Labute approximate surface area is 113 Å². The minimum Gasteiger partial charge on any atom is -0.488 e. The second kappa shape index (κ2) is 7.31. The number of hydrogen-bond donors (Lipinski definition) is 0. The van der Waals surface area contributed by atoms with Gasteiger partial charge in [0.25, 0.3) is 0 Å². The van der Waals surface area contributed by atoms with Gasteiger partial charge in [-0.25, -0.2) is 0 Å². The van der Waals surface area contributed by atoms with Crippen LogP contribution in [0.1, 0.15) is 24.8 Å². The number of alkyl halides is 1. The zero-order valence-electron chi connectivity index (χ0n) is 10.3. The molecule has 0 spiro atoms. The summed E-state index contributed by atoms with van der Waals surface area (Å²) >= 11 is 5.59. The van der Waals surface area contributed by atoms with Gasteiger partial charge >= 0.3 is 0 Å². The molecule has 1 aliphatic heterocycles. The lowest BCUT2D eigenvalue weighted by Gasteiger charge is -2.23. The Morgan fingerprint density at radius 2 is 2.39 bits per heavy atom. The minimum absolute atomic E-state index is 0.171. The van der Waals surface area contributed by atoms with Gasteiger partial charge in [0.1, 0.15) is 11.9 Å². The summed E-state index contributed by atoms with van der Waals surface area (Å²) < 4.78 is 11.3. The van der Waals surface area contributed by atoms with Crippen LogP contribution in [0.4, 0.5) is 0 Å². The van der Waals surface area contributed by atoms with Crippen LogP contribution >= 0.6 is 11.6 Å². The maximum absolute atomic E-state index is 5.88. The van der Waals surface area contributed by atoms with Crippen LogP contribution in [0.3, 0.4) is 0 Å². The van der Waals surface area contributed by atoms with Crippen LogP contribution in [0.15, 0.2) is 24.3 Å². The quantitative estimate of drug-likeness (QED) is 0.616. The lowest BCUT2D eigenvalue weighted by Crippen LogP contribution is -2.27. The molecule has 1 saturated heterocycles. The molecule has 18 heavy (non-hydrogen) atoms. The maximum atomic E-state index is 5.88. The fourth-order valence-corrected chi connectivity index (χ4v) is 1.95. The lowest BCUT2D eigenvalue weighted by atomic mass is 10.1. The van der Waals surface area contributed by atoms with Gasteiger partial charge in [0.2, 0.25) is 0 Å². The Bertz CT molecular complexity index is 428. The molecule has 0 aliphatic carbocycles. The molecule has 0 amide bonds. The van der Waals surface area contributed by atoms with Crippen LogP contribution in [0.5, 0.6) is 5.75 Å². The molecule has 3 heteroatoms. The van der Waals surface area contributed by atoms with Gasteiger partial charge in [-0.15, -0.1) is 11.6 Å². The molecule has 1 fully saturated rings. The summed E-state index contributed by atoms with van der Waals surface area (Å²) in [5, 5.41) is 0. The van der Waals surface area contributed by atoms with Crippen molar-refractivity contribution in [3.63, 3.8) is 0 Å². The third-order valence-corrected chi connectivity index (χ3v) is 2.90. The number of rotatable bonds is 3. The molecule has 0 bridgehead atoms. The van der Waals surface area contributed by atoms with Crippen molar-refractivity contribution in [2.75, 3.05) is 19.1 Å². The van der Waals surface area contributed by atoms with Gasteiger partial charge in [0.05, 0.1) is 6.61 Å². The fraction of sp³-hybridized carbons (Fsp3) is 0.467. The highest BCUT2D eigenvalue weighted by Crippen LogP contribution is 2.18. The molecule has 1 unspecified atom stereocenters. The van der Waals surface area contributed by atoms with Crippen molar-refractivity contribution in [3.05, 3.63) is 29.8 Å². The monoisotopic (exact) mass is 264 g/mol. The van der Waals surface area contributed by atoms with E-state index in [1.807, 2.05) is 24.3 Å². The fourth-order valence-electron chi connectivity index (χ4n) is 1.86. The summed E-state index contributed by atoms with van der Waals surface area (Å²) in [6.07, 6.45) is 3.01. The molecule has 1 heterocycles. The third kappa shape index (κ3) is 4.25. The maximum Gasteiger partial charge on any atom is 0.122 e. The Balaban J connectivity index is 1.96. The van der Waals surface area contributed by atoms with Crippen LogP contribution in [0, 0.1) is 11.8 Å². The van der Waals surface area contributed by atoms with E-state index in [2.05, 4.69) is 11.8 Å². The van der Waals surface area contributed by atoms with Crippen molar-refractivity contribution in [3.8, 4) is 17.6 Å². The third-order valence-electron chi connectivity index (χ3n) is 2.71. The molecule has 1 atom stereocenters. The van der Waals surface area contributed by atoms with Crippen LogP contribution in [0.2, 0.25) is 0 Å². The van der Waals surface area contributed by atoms with E-state index in [0.717, 1.165) is 30.8 Å². The van der Waals surface area contributed by atoms with Crippen molar-refractivity contribution < 1.29 is 9.47 Å². The normalized spacial score (nSPS) is 18.8. The molecule has 0 N–H and O–H groups in total. The van der Waals surface area contributed by atoms with Crippen LogP contribution in [-0.4, -0.2) is 25.2 Å². The smallest absolute Gasteiger partial charge is 0.122 e. The second-order valence-electron chi connectivity index (χ2n) is 4.23. The second-order valence-corrected chi connectivity index (χ2v) is 4.60. The van der Waals surface area contributed by atoms with Gasteiger partial charge < -0.3 is 9.47 Å². The number of halogens is 1. The average molecular weight is 265 g/mol. The SMILES string of the molecule is ClCCC#Cc1cccc(OC2CCCOC2)c1. The van der Waals surface area contributed by atoms with E-state index < -0.39 is 0 Å². The van der Waals surface area contributed by atoms with Crippen molar-refractivity contribution in [1.82, 2.24) is 0 Å². The van der Waals surface area contributed by atoms with Crippen LogP contribution < -0.4 is 4.74 Å². The molecule has 96 valence electrons. The van der Waals surface area contributed by atoms with E-state index in [4.69, 9.17) is 21.1 Å². The molecule has 1 aliphatic rings. The predicted octanol–water partition coefficient (Wildman–Crippen LogP) is 3.22. The number of hydrogen-bond acceptors (Lipinski definition) is 2. The van der Waals surface area contributed by atoms with Gasteiger partial charge in [-0.05, 0) is 31.0 Å². The molecule has 2 nitrogen and oxygen atoms in total. The first kappa shape index (κ1) is 13.3. The van der Waals surface area contributed by atoms with E-state index in [1.165, 1.54) is 0 Å². The van der Waals surface area contributed by atoms with Crippen LogP contribution in [0.25, 0.3) is 0 Å². The summed E-state index contributed by atoms with van der Waals surface area (Å²) in [6.45, 7) is 1.53. The van der Waals surface area contributed by atoms with Crippen molar-refractivity contribution in [2.24, 2.45) is 0 Å². The Kier molecular flexibility index (Phi) is 5.38. The van der Waals surface area contributed by atoms with E-state index in [9.17, 15) is 0 Å². The zero-order chi connectivity index (χ0) is 12.6. The van der Waals surface area contributed by atoms with E-state index in [1.54, 1.807) is 0 Å². The van der Waals surface area contributed by atoms with E-state index in [0.29, 0.717) is 18.9 Å². The van der Waals surface area contributed by atoms with Gasteiger partial charge in [-0.3, -0.25) is 0 Å². The highest BCUT2D eigenvalue weighted by Gasteiger charge is 2.15. The van der Waals surface area contributed by atoms with Crippen molar-refractivity contribution >= 4 is 11.6 Å². The van der Waals surface area contributed by atoms with E-state index >= 15 is 0 Å². The van der Waals surface area contributed by atoms with Gasteiger partial charge in [0, 0.05) is 24.5 Å². The van der Waals surface area contributed by atoms with E-state index in [-0.39, 0.29) is 6.10 Å². The minimum atomic E-state index is 0.171. The molecular formula is C15H17ClO2. The lowest BCUT2D eigenvalue weighted by molar-refractivity contribution is 0.00742. The van der Waals surface area contributed by atoms with Crippen molar-refractivity contribution in [1.29, 1.82) is 0 Å². The highest BCUT2D eigenvalue weighted by molar-refractivity contribution is 6.18. The average Bonchev–Trinajstić information content (AvgIpc) is 2.41. The summed E-state index contributed by atoms with van der Waals surface area (Å²) in [7, 11) is 0. The van der Waals surface area contributed by atoms with Gasteiger partial charge in [0.15, 0.2) is 0 Å². The molecule has 0 radical (unpaired) electrons. The van der Waals surface area contributed by atoms with Crippen molar-refractivity contribution in [2.45, 2.75) is 25.4 Å². The first-order valence-corrected chi connectivity index (χ1v) is 6.81. The predicted molar refractivity (Wildman–Crippen MR) is 73.1 cm³/mol. The summed E-state index contributed by atoms with van der Waals surface area (Å²) in [5.41, 5.74) is 0.967. The first-order chi connectivity index (χ1) is 8.88. The molecular weight excluding hydrogens is 248 g/mol. The van der Waals surface area contributed by atoms with Gasteiger partial charge in [-0.2, -0.15) is 0 Å². The first-order valence-electron chi connectivity index (χ1n) is 6.28. The Morgan fingerprint density at radius 3 is 3.17 bits per heavy atom. The molecule has 2 rings (SSSR count). The molecule has 1 aromatic carbocycles. The topological polar surface area (TPSA) is 18.5 Å². The zero-order valence-corrected chi connectivity index (χ0v) is 11.1. The summed E-state index contributed by atoms with van der Waals surface area (Å²) in [5.74, 6) is 7.53. The number of ether oxygens (including phenoxy) is 2. The molecule has 0 aromatic heterocycles. The highest BCUT2D eigenvalue weighted by atomic mass is 35.5. The molecule has 0 saturated carbocycles. The standard InChI is InChI=1S/C15H17ClO2/c16-9-2-1-5-13-6-3-7-14(11-13)18-15-8-4-10-17-12-15/h3,6-7,11,15H,2,4,8-10,12H2. The Morgan fingerprint density at radius 1 is 1.44 bits per heavy atom. The Hall–Kier alpha value is -1.17. The largest absolute Gasteiger partial charge is 0.488 e. The number of benzene rings is 1. The summed E-state index contributed by atoms with van der Waals surface area (Å²) in [4.78, 5) is 0. The summed E-state index contributed by atoms with van der Waals surface area (Å²) in [6, 6.07) is 7.87. The van der Waals surface area contributed by atoms with Gasteiger partial charge in [-0.1, -0.05) is 17.9 Å². The molecule has 1 aromatic rings.